The van der Waals surface area contributed by atoms with E-state index in [4.69, 9.17) is 4.42 Å². The van der Waals surface area contributed by atoms with Gasteiger partial charge in [0.05, 0.1) is 16.6 Å². The largest absolute Gasteiger partial charge is 0.411 e. The molecule has 1 aromatic heterocycles. The van der Waals surface area contributed by atoms with Gasteiger partial charge in [0.15, 0.2) is 0 Å². The molecule has 1 amide bonds. The average molecular weight is 450 g/mol. The Balaban J connectivity index is 1.41. The van der Waals surface area contributed by atoms with Crippen molar-refractivity contribution in [2.24, 2.45) is 0 Å². The van der Waals surface area contributed by atoms with E-state index < -0.39 is 5.25 Å². The van der Waals surface area contributed by atoms with Gasteiger partial charge in [-0.2, -0.15) is 0 Å². The molecule has 0 saturated heterocycles. The third-order valence-electron chi connectivity index (χ3n) is 4.78. The molecule has 1 atom stereocenters. The molecule has 2 heterocycles. The fourth-order valence-electron chi connectivity index (χ4n) is 3.29. The molecule has 154 valence electrons. The van der Waals surface area contributed by atoms with Crippen LogP contribution in [0.4, 0.5) is 15.8 Å². The van der Waals surface area contributed by atoms with Crippen molar-refractivity contribution >= 4 is 40.8 Å². The number of thioether (sulfide) groups is 1. The fourth-order valence-corrected chi connectivity index (χ4v) is 5.07. The minimum Gasteiger partial charge on any atom is -0.411 e. The fraction of sp³-hybridized carbons (Fsp3) is 0.0870. The van der Waals surface area contributed by atoms with E-state index in [0.29, 0.717) is 5.56 Å². The van der Waals surface area contributed by atoms with Crippen molar-refractivity contribution in [3.8, 4) is 11.5 Å². The number of anilines is 2. The van der Waals surface area contributed by atoms with Crippen LogP contribution >= 0.6 is 23.5 Å². The topological polar surface area (TPSA) is 59.2 Å². The molecule has 0 fully saturated rings. The van der Waals surface area contributed by atoms with E-state index >= 15 is 0 Å². The average Bonchev–Trinajstić information content (AvgIpc) is 3.25. The number of hydrogen-bond donors (Lipinski definition) is 0. The highest BCUT2D eigenvalue weighted by Crippen LogP contribution is 2.48. The van der Waals surface area contributed by atoms with E-state index in [2.05, 4.69) is 10.2 Å². The lowest BCUT2D eigenvalue weighted by molar-refractivity contribution is -0.117. The first-order chi connectivity index (χ1) is 15.1. The van der Waals surface area contributed by atoms with E-state index in [1.54, 1.807) is 28.8 Å². The van der Waals surface area contributed by atoms with Gasteiger partial charge in [0, 0.05) is 15.4 Å². The summed E-state index contributed by atoms with van der Waals surface area (Å²) in [5.74, 6) is -0.128. The van der Waals surface area contributed by atoms with Gasteiger partial charge in [0.1, 0.15) is 5.82 Å². The third kappa shape index (κ3) is 3.84. The van der Waals surface area contributed by atoms with Crippen molar-refractivity contribution in [1.82, 2.24) is 10.2 Å². The van der Waals surface area contributed by atoms with E-state index in [-0.39, 0.29) is 22.8 Å². The molecule has 0 radical (unpaired) electrons. The lowest BCUT2D eigenvalue weighted by atomic mass is 10.2. The second-order valence-electron chi connectivity index (χ2n) is 6.85. The first kappa shape index (κ1) is 19.8. The van der Waals surface area contributed by atoms with Crippen LogP contribution in [0.25, 0.3) is 11.5 Å². The Kier molecular flexibility index (Phi) is 5.25. The smallest absolute Gasteiger partial charge is 0.277 e. The van der Waals surface area contributed by atoms with Gasteiger partial charge in [-0.3, -0.25) is 9.69 Å². The van der Waals surface area contributed by atoms with Gasteiger partial charge >= 0.3 is 0 Å². The Bertz CT molecular complexity index is 1210. The Morgan fingerprint density at radius 1 is 0.968 bits per heavy atom. The molecule has 1 aliphatic rings. The zero-order chi connectivity index (χ0) is 21.4. The molecule has 0 bridgehead atoms. The molecule has 0 aliphatic carbocycles. The summed E-state index contributed by atoms with van der Waals surface area (Å²) in [6.45, 7) is 1.82. The maximum absolute atomic E-state index is 13.5. The monoisotopic (exact) mass is 449 g/mol. The van der Waals surface area contributed by atoms with E-state index in [9.17, 15) is 9.18 Å². The van der Waals surface area contributed by atoms with Crippen LogP contribution in [0, 0.1) is 5.82 Å². The summed E-state index contributed by atoms with van der Waals surface area (Å²) in [5, 5.41) is 7.89. The number of fused-ring (bicyclic) bond motifs is 2. The number of para-hydroxylation sites is 2. The van der Waals surface area contributed by atoms with Gasteiger partial charge < -0.3 is 4.42 Å². The second kappa shape index (κ2) is 8.20. The zero-order valence-electron chi connectivity index (χ0n) is 16.4. The first-order valence-electron chi connectivity index (χ1n) is 9.56. The number of aromatic nitrogens is 2. The molecule has 31 heavy (non-hydrogen) atoms. The van der Waals surface area contributed by atoms with Crippen LogP contribution in [0.2, 0.25) is 0 Å². The molecule has 1 unspecified atom stereocenters. The molecule has 4 aromatic rings. The number of rotatable bonds is 4. The van der Waals surface area contributed by atoms with Gasteiger partial charge in [-0.05, 0) is 55.5 Å². The Morgan fingerprint density at radius 3 is 2.23 bits per heavy atom. The van der Waals surface area contributed by atoms with Crippen LogP contribution in [0.3, 0.4) is 0 Å². The number of carbonyl (C=O) groups excluding carboxylic acids is 1. The highest BCUT2D eigenvalue weighted by molar-refractivity contribution is 8.00. The van der Waals surface area contributed by atoms with Crippen LogP contribution in [-0.2, 0) is 4.79 Å². The number of amides is 1. The van der Waals surface area contributed by atoms with Gasteiger partial charge in [-0.15, -0.1) is 10.2 Å². The summed E-state index contributed by atoms with van der Waals surface area (Å²) in [4.78, 5) is 17.3. The van der Waals surface area contributed by atoms with Crippen molar-refractivity contribution < 1.29 is 13.6 Å². The third-order valence-corrected chi connectivity index (χ3v) is 6.83. The van der Waals surface area contributed by atoms with Crippen LogP contribution in [-0.4, -0.2) is 21.4 Å². The molecule has 1 aliphatic heterocycles. The number of benzene rings is 3. The SMILES string of the molecule is CC(Sc1nnc(-c2ccc(F)cc2)o1)C(=O)N1c2ccccc2Sc2ccccc21. The van der Waals surface area contributed by atoms with Crippen LogP contribution in [0.1, 0.15) is 6.92 Å². The summed E-state index contributed by atoms with van der Waals surface area (Å²) in [6, 6.07) is 21.5. The van der Waals surface area contributed by atoms with Crippen molar-refractivity contribution in [2.75, 3.05) is 4.90 Å². The van der Waals surface area contributed by atoms with E-state index in [1.165, 1.54) is 23.9 Å². The van der Waals surface area contributed by atoms with E-state index in [1.807, 2.05) is 55.5 Å². The normalized spacial score (nSPS) is 13.4. The molecular weight excluding hydrogens is 433 g/mol. The quantitative estimate of drug-likeness (QED) is 0.347. The van der Waals surface area contributed by atoms with Crippen molar-refractivity contribution in [3.63, 3.8) is 0 Å². The summed E-state index contributed by atoms with van der Waals surface area (Å²) in [7, 11) is 0. The van der Waals surface area contributed by atoms with Gasteiger partial charge in [-0.1, -0.05) is 47.8 Å². The standard InChI is InChI=1S/C23H16FN3O2S2/c1-14(30-23-26-25-21(29-23)15-10-12-16(24)13-11-15)22(28)27-17-6-2-4-8-19(17)31-20-9-5-3-7-18(20)27/h2-14H,1H3. The molecule has 5 nitrogen and oxygen atoms in total. The molecule has 0 N–H and O–H groups in total. The van der Waals surface area contributed by atoms with Crippen LogP contribution in [0.5, 0.6) is 0 Å². The molecule has 8 heteroatoms. The van der Waals surface area contributed by atoms with Crippen LogP contribution in [0.15, 0.2) is 92.2 Å². The van der Waals surface area contributed by atoms with Crippen molar-refractivity contribution in [3.05, 3.63) is 78.6 Å². The Hall–Kier alpha value is -3.10. The maximum Gasteiger partial charge on any atom is 0.277 e. The van der Waals surface area contributed by atoms with Crippen LogP contribution < -0.4 is 4.90 Å². The summed E-state index contributed by atoms with van der Waals surface area (Å²) >= 11 is 2.85. The minimum atomic E-state index is -0.467. The zero-order valence-corrected chi connectivity index (χ0v) is 18.0. The minimum absolute atomic E-state index is 0.0771. The lowest BCUT2D eigenvalue weighted by Gasteiger charge is -2.32. The molecule has 3 aromatic carbocycles. The summed E-state index contributed by atoms with van der Waals surface area (Å²) in [6.07, 6.45) is 0. The van der Waals surface area contributed by atoms with Gasteiger partial charge in [0.2, 0.25) is 11.8 Å². The van der Waals surface area contributed by atoms with Crippen molar-refractivity contribution in [2.45, 2.75) is 27.2 Å². The number of carbonyl (C=O) groups is 1. The summed E-state index contributed by atoms with van der Waals surface area (Å²) < 4.78 is 18.8. The predicted molar refractivity (Wildman–Crippen MR) is 119 cm³/mol. The second-order valence-corrected chi connectivity index (χ2v) is 9.23. The highest BCUT2D eigenvalue weighted by atomic mass is 32.2. The summed E-state index contributed by atoms with van der Waals surface area (Å²) in [5.41, 5.74) is 2.35. The Morgan fingerprint density at radius 2 is 1.58 bits per heavy atom. The number of nitrogens with zero attached hydrogens (tertiary/aromatic N) is 3. The molecule has 0 spiro atoms. The first-order valence-corrected chi connectivity index (χ1v) is 11.3. The number of hydrogen-bond acceptors (Lipinski definition) is 6. The van der Waals surface area contributed by atoms with E-state index in [0.717, 1.165) is 21.2 Å². The molecular formula is C23H16FN3O2S2. The maximum atomic E-state index is 13.5. The van der Waals surface area contributed by atoms with Gasteiger partial charge in [0.25, 0.3) is 5.22 Å². The number of halogens is 1. The lowest BCUT2D eigenvalue weighted by Crippen LogP contribution is -2.34. The molecule has 5 rings (SSSR count). The Labute approximate surface area is 186 Å². The predicted octanol–water partition coefficient (Wildman–Crippen LogP) is 6.19. The van der Waals surface area contributed by atoms with Crippen molar-refractivity contribution in [1.29, 1.82) is 0 Å². The molecule has 0 saturated carbocycles. The van der Waals surface area contributed by atoms with Gasteiger partial charge in [-0.25, -0.2) is 4.39 Å². The highest BCUT2D eigenvalue weighted by Gasteiger charge is 2.32.